The van der Waals surface area contributed by atoms with Gasteiger partial charge in [-0.25, -0.2) is 15.0 Å². The molecule has 0 amide bonds. The minimum Gasteiger partial charge on any atom is -0.846 e. The van der Waals surface area contributed by atoms with E-state index in [4.69, 9.17) is 0 Å². The van der Waals surface area contributed by atoms with Crippen LogP contribution in [0.1, 0.15) is 212 Å². The van der Waals surface area contributed by atoms with Gasteiger partial charge in [-0.3, -0.25) is 0 Å². The van der Waals surface area contributed by atoms with E-state index in [2.05, 4.69) is 212 Å². The summed E-state index contributed by atoms with van der Waals surface area (Å²) in [5.41, 5.74) is 9.68. The van der Waals surface area contributed by atoms with E-state index in [-0.39, 0.29) is 79.4 Å². The van der Waals surface area contributed by atoms with Crippen LogP contribution in [0.2, 0.25) is 0 Å². The van der Waals surface area contributed by atoms with Crippen LogP contribution in [0.5, 0.6) is 0 Å². The molecule has 3 saturated heterocycles. The van der Waals surface area contributed by atoms with Crippen molar-refractivity contribution in [2.75, 3.05) is 38.1 Å². The zero-order valence-electron chi connectivity index (χ0n) is 73.4. The first-order chi connectivity index (χ1) is 60.8. The molecular weight excluding hydrogens is 1720 g/mol. The summed E-state index contributed by atoms with van der Waals surface area (Å²) in [4.78, 5) is 20.7. The molecule has 0 bridgehead atoms. The van der Waals surface area contributed by atoms with Gasteiger partial charge in [0, 0.05) is 37.8 Å². The van der Waals surface area contributed by atoms with Crippen molar-refractivity contribution in [2.45, 2.75) is 281 Å². The monoisotopic (exact) mass is 1850 g/mol. The van der Waals surface area contributed by atoms with Crippen LogP contribution in [-0.4, -0.2) is 140 Å². The Labute approximate surface area is 765 Å². The third kappa shape index (κ3) is 25.3. The fourth-order valence-electron chi connectivity index (χ4n) is 22.9. The molecule has 0 aromatic heterocycles. The number of hydrogen-bond donors (Lipinski definition) is 0. The molecule has 124 heavy (non-hydrogen) atoms. The van der Waals surface area contributed by atoms with Crippen LogP contribution in [0, 0.1) is 0 Å². The minimum absolute atomic E-state index is 0. The zero-order chi connectivity index (χ0) is 83.6. The summed E-state index contributed by atoms with van der Waals surface area (Å²) < 4.78 is 0. The number of amidine groups is 3. The molecule has 9 fully saturated rings. The second-order valence-electron chi connectivity index (χ2n) is 36.7. The van der Waals surface area contributed by atoms with Gasteiger partial charge in [-0.2, -0.15) is 0 Å². The molecule has 0 unspecified atom stereocenters. The Morgan fingerprint density at radius 3 is 0.556 bits per heavy atom. The number of aliphatic imine (C=N–C) groups is 3. The Morgan fingerprint density at radius 2 is 0.387 bits per heavy atom. The Bertz CT molecular complexity index is 3980. The van der Waals surface area contributed by atoms with E-state index in [1.54, 1.807) is 0 Å². The van der Waals surface area contributed by atoms with Crippen LogP contribution in [0.15, 0.2) is 288 Å². The van der Waals surface area contributed by atoms with Gasteiger partial charge < -0.3 is 30.0 Å². The third-order valence-corrected chi connectivity index (χ3v) is 48.4. The first-order valence-electron chi connectivity index (χ1n) is 48.0. The van der Waals surface area contributed by atoms with Crippen LogP contribution in [0.3, 0.4) is 0 Å². The van der Waals surface area contributed by atoms with Gasteiger partial charge in [0.05, 0.1) is 35.1 Å². The molecule has 0 spiro atoms. The normalized spacial score (nSPS) is 22.8. The second kappa shape index (κ2) is 48.6. The summed E-state index contributed by atoms with van der Waals surface area (Å²) in [6.45, 7) is 2.72. The molecule has 6 atom stereocenters. The van der Waals surface area contributed by atoms with Crippen LogP contribution < -0.4 is 47.1 Å². The van der Waals surface area contributed by atoms with E-state index in [1.807, 2.05) is 91.0 Å². The largest absolute Gasteiger partial charge is 3.00 e. The van der Waals surface area contributed by atoms with Crippen molar-refractivity contribution in [1.82, 2.24) is 14.7 Å². The van der Waals surface area contributed by atoms with Crippen molar-refractivity contribution in [3.63, 3.8) is 0 Å². The molecule has 0 radical (unpaired) electrons. The average molecular weight is 1850 g/mol. The molecule has 0 N–H and O–H groups in total. The molecule has 6 aliphatic carbocycles. The Hall–Kier alpha value is -6.01. The Kier molecular flexibility index (Phi) is 36.3. The molecule has 3 heterocycles. The molecule has 9 aromatic carbocycles. The van der Waals surface area contributed by atoms with Crippen LogP contribution >= 0.6 is 47.5 Å². The number of nitrogens with zero attached hydrogens (tertiary/aromatic N) is 6. The molecule has 18 rings (SSSR count). The average Bonchev–Trinajstić information content (AvgIpc) is 1.66. The number of hydrogen-bond acceptors (Lipinski definition) is 6. The summed E-state index contributed by atoms with van der Waals surface area (Å²) >= 11 is 0. The predicted molar refractivity (Wildman–Crippen MR) is 531 cm³/mol. The summed E-state index contributed by atoms with van der Waals surface area (Å²) in [6, 6.07) is 96.5. The van der Waals surface area contributed by atoms with E-state index < -0.39 is 23.8 Å². The molecule has 9 nitrogen and oxygen atoms in total. The van der Waals surface area contributed by atoms with Crippen LogP contribution in [0.4, 0.5) is 17.1 Å². The van der Waals surface area contributed by atoms with Crippen molar-refractivity contribution >= 4 is 114 Å². The predicted octanol–water partition coefficient (Wildman–Crippen LogP) is 23.3. The standard InChI is InChI=1S/3C36H46N2OP2.Rh/c3*39-36(37-29-16-6-1-7-17-29)38-27-35(41(33-22-12-4-13-23-33)34-24-14-5-15-25-34)26-30(38)28-40(31-18-8-2-9-19-31)32-20-10-3-11-21-32;/h3*1-3,6-11,16-21,30,33-35H,4-5,12-15,22-28H2,(H,37,39);/q;;;+3/p-3/t3*30-,35-;/m000./s1. The number of benzene rings is 9. The summed E-state index contributed by atoms with van der Waals surface area (Å²) in [5, 5.41) is 50.4. The molecule has 9 aliphatic rings. The molecule has 654 valence electrons. The first-order valence-corrected chi connectivity index (χ1v) is 57.2. The van der Waals surface area contributed by atoms with Crippen LogP contribution in [-0.2, 0) is 19.5 Å². The van der Waals surface area contributed by atoms with Gasteiger partial charge in [-0.1, -0.05) is 376 Å². The topological polar surface area (TPSA) is 116 Å². The fraction of sp³-hybridized carbons (Fsp3) is 0.472. The maximum Gasteiger partial charge on any atom is 3.00 e. The second-order valence-corrected chi connectivity index (χ2v) is 52.7. The van der Waals surface area contributed by atoms with Gasteiger partial charge in [-0.15, -0.1) is 0 Å². The van der Waals surface area contributed by atoms with Gasteiger partial charge in [0.2, 0.25) is 0 Å². The third-order valence-electron chi connectivity index (χ3n) is 28.7. The SMILES string of the molecule is [O-]C(=Nc1ccccc1)N1C[C@@H](P(C2CCCCC2)C2CCCCC2)C[C@H]1CP(c1ccccc1)c1ccccc1.[O-]C(=Nc1ccccc1)N1C[C@@H](P(C2CCCCC2)C2CCCCC2)C[C@H]1CP(c1ccccc1)c1ccccc1.[O-]C(=Nc1ccccc1)N1C[C@@H](P(C2CCCCC2)C2CCCCC2)C[C@H]1CP(c1ccccc1)c1ccccc1.[Rh+3]. The van der Waals surface area contributed by atoms with Gasteiger partial charge >= 0.3 is 19.5 Å². The van der Waals surface area contributed by atoms with Crippen molar-refractivity contribution < 1.29 is 34.8 Å². The van der Waals surface area contributed by atoms with E-state index in [0.29, 0.717) is 17.0 Å². The first kappa shape index (κ1) is 92.7. The molecule has 3 aliphatic heterocycles. The molecular formula is C108H135N6O3P6Rh. The van der Waals surface area contributed by atoms with E-state index >= 15 is 0 Å². The van der Waals surface area contributed by atoms with Crippen molar-refractivity contribution in [1.29, 1.82) is 0 Å². The van der Waals surface area contributed by atoms with E-state index in [9.17, 15) is 15.3 Å². The maximum absolute atomic E-state index is 14.0. The molecule has 9 aromatic rings. The molecule has 6 saturated carbocycles. The Balaban J connectivity index is 0.000000143. The van der Waals surface area contributed by atoms with Crippen molar-refractivity contribution in [3.8, 4) is 0 Å². The van der Waals surface area contributed by atoms with Gasteiger partial charge in [0.15, 0.2) is 0 Å². The van der Waals surface area contributed by atoms with E-state index in [1.165, 1.54) is 224 Å². The zero-order valence-corrected chi connectivity index (χ0v) is 80.4. The van der Waals surface area contributed by atoms with Gasteiger partial charge in [0.25, 0.3) is 0 Å². The summed E-state index contributed by atoms with van der Waals surface area (Å²) in [5.74, 6) is 0. The quantitative estimate of drug-likeness (QED) is 0.0257. The maximum atomic E-state index is 14.0. The number of rotatable bonds is 24. The van der Waals surface area contributed by atoms with Gasteiger partial charge in [-0.05, 0) is 258 Å². The Morgan fingerprint density at radius 1 is 0.226 bits per heavy atom. The van der Waals surface area contributed by atoms with Crippen molar-refractivity contribution in [2.24, 2.45) is 15.0 Å². The fourth-order valence-corrected chi connectivity index (χ4v) is 44.2. The molecule has 16 heteroatoms. The van der Waals surface area contributed by atoms with E-state index in [0.717, 1.165) is 108 Å². The number of para-hydroxylation sites is 3. The minimum atomic E-state index is -0.568. The summed E-state index contributed by atoms with van der Waals surface area (Å²) in [6.07, 6.45) is 49.0. The van der Waals surface area contributed by atoms with Crippen LogP contribution in [0.25, 0.3) is 0 Å². The smallest absolute Gasteiger partial charge is 0.846 e. The van der Waals surface area contributed by atoms with Crippen molar-refractivity contribution in [3.05, 3.63) is 273 Å². The number of likely N-dealkylation sites (tertiary alicyclic amines) is 3. The summed E-state index contributed by atoms with van der Waals surface area (Å²) in [7, 11) is -2.00. The van der Waals surface area contributed by atoms with Gasteiger partial charge in [0.1, 0.15) is 0 Å².